The van der Waals surface area contributed by atoms with Gasteiger partial charge in [-0.05, 0) is 35.7 Å². The highest BCUT2D eigenvalue weighted by atomic mass is 32.1. The number of carbonyl (C=O) groups is 3. The molecule has 0 fully saturated rings. The van der Waals surface area contributed by atoms with Crippen LogP contribution in [0.4, 0.5) is 11.4 Å². The van der Waals surface area contributed by atoms with Crippen LogP contribution in [0.1, 0.15) is 61.7 Å². The van der Waals surface area contributed by atoms with E-state index in [1.54, 1.807) is 72.1 Å². The fourth-order valence-corrected chi connectivity index (χ4v) is 4.78. The van der Waals surface area contributed by atoms with Crippen molar-refractivity contribution in [2.75, 3.05) is 5.32 Å². The van der Waals surface area contributed by atoms with Crippen molar-refractivity contribution in [2.24, 2.45) is 11.0 Å². The number of aromatic nitrogens is 1. The van der Waals surface area contributed by atoms with Gasteiger partial charge < -0.3 is 10.6 Å². The lowest BCUT2D eigenvalue weighted by atomic mass is 10.0. The zero-order valence-corrected chi connectivity index (χ0v) is 21.5. The lowest BCUT2D eigenvalue weighted by Crippen LogP contribution is -2.31. The largest absolute Gasteiger partial charge is 0.343 e. The number of amides is 2. The lowest BCUT2D eigenvalue weighted by Gasteiger charge is -2.20. The van der Waals surface area contributed by atoms with Crippen LogP contribution in [-0.2, 0) is 0 Å². The summed E-state index contributed by atoms with van der Waals surface area (Å²) >= 11 is 1.26. The second kappa shape index (κ2) is 12.0. The first kappa shape index (κ1) is 26.3. The van der Waals surface area contributed by atoms with E-state index in [0.717, 1.165) is 0 Å². The first-order valence-electron chi connectivity index (χ1n) is 11.8. The Hall–Kier alpha value is -4.79. The molecule has 0 saturated carbocycles. The maximum atomic E-state index is 13.1. The van der Waals surface area contributed by atoms with Gasteiger partial charge in [-0.3, -0.25) is 14.4 Å². The van der Waals surface area contributed by atoms with Gasteiger partial charge in [-0.2, -0.15) is 0 Å². The summed E-state index contributed by atoms with van der Waals surface area (Å²) < 4.78 is 0. The molecule has 0 spiro atoms. The summed E-state index contributed by atoms with van der Waals surface area (Å²) in [7, 11) is 0. The zero-order valence-electron chi connectivity index (χ0n) is 20.7. The standard InChI is InChI=1S/C28H24N6O3S/c1-17(2)24(32-26(36)19-11-8-12-20(15-19)33-34-29)28-31-23(16-38-28)27(37)30-22-14-7-6-13-21(22)25(35)18-9-4-3-5-10-18/h3-17,24H,1-2H3,(H,30,37)(H,32,36). The van der Waals surface area contributed by atoms with Crippen molar-refractivity contribution in [1.29, 1.82) is 0 Å². The predicted octanol–water partition coefficient (Wildman–Crippen LogP) is 6.70. The van der Waals surface area contributed by atoms with Gasteiger partial charge in [0.15, 0.2) is 5.78 Å². The number of thiazole rings is 1. The van der Waals surface area contributed by atoms with E-state index in [0.29, 0.717) is 33.1 Å². The summed E-state index contributed by atoms with van der Waals surface area (Å²) in [6.07, 6.45) is 0. The molecular formula is C28H24N6O3S. The summed E-state index contributed by atoms with van der Waals surface area (Å²) in [5.41, 5.74) is 10.8. The average Bonchev–Trinajstić information content (AvgIpc) is 3.42. The summed E-state index contributed by atoms with van der Waals surface area (Å²) in [6.45, 7) is 3.88. The van der Waals surface area contributed by atoms with Crippen LogP contribution in [0, 0.1) is 5.92 Å². The smallest absolute Gasteiger partial charge is 0.275 e. The van der Waals surface area contributed by atoms with E-state index in [9.17, 15) is 14.4 Å². The van der Waals surface area contributed by atoms with Gasteiger partial charge in [0.2, 0.25) is 0 Å². The fraction of sp³-hybridized carbons (Fsp3) is 0.143. The highest BCUT2D eigenvalue weighted by molar-refractivity contribution is 7.10. The topological polar surface area (TPSA) is 137 Å². The third-order valence-electron chi connectivity index (χ3n) is 5.70. The molecule has 3 aromatic carbocycles. The van der Waals surface area contributed by atoms with E-state index in [1.165, 1.54) is 17.4 Å². The molecule has 0 bridgehead atoms. The number of benzene rings is 3. The molecule has 2 N–H and O–H groups in total. The van der Waals surface area contributed by atoms with Gasteiger partial charge in [0.05, 0.1) is 11.7 Å². The Morgan fingerprint density at radius 3 is 2.37 bits per heavy atom. The number of nitrogens with zero attached hydrogens (tertiary/aromatic N) is 4. The van der Waals surface area contributed by atoms with Gasteiger partial charge in [0.25, 0.3) is 11.8 Å². The first-order valence-corrected chi connectivity index (χ1v) is 12.7. The Balaban J connectivity index is 1.51. The predicted molar refractivity (Wildman–Crippen MR) is 147 cm³/mol. The molecule has 38 heavy (non-hydrogen) atoms. The van der Waals surface area contributed by atoms with Crippen LogP contribution in [0.5, 0.6) is 0 Å². The monoisotopic (exact) mass is 524 g/mol. The molecule has 190 valence electrons. The Morgan fingerprint density at radius 2 is 1.63 bits per heavy atom. The molecule has 9 nitrogen and oxygen atoms in total. The van der Waals surface area contributed by atoms with Crippen molar-refractivity contribution in [3.63, 3.8) is 0 Å². The summed E-state index contributed by atoms with van der Waals surface area (Å²) in [5.74, 6) is -1.04. The molecule has 4 rings (SSSR count). The van der Waals surface area contributed by atoms with Gasteiger partial charge in [-0.1, -0.05) is 73.6 Å². The zero-order chi connectivity index (χ0) is 27.1. The molecule has 1 aromatic heterocycles. The van der Waals surface area contributed by atoms with E-state index in [4.69, 9.17) is 5.53 Å². The molecular weight excluding hydrogens is 500 g/mol. The van der Waals surface area contributed by atoms with Gasteiger partial charge in [-0.25, -0.2) is 4.98 Å². The lowest BCUT2D eigenvalue weighted by molar-refractivity contribution is 0.0925. The van der Waals surface area contributed by atoms with Crippen LogP contribution in [0.15, 0.2) is 89.4 Å². The normalized spacial score (nSPS) is 11.3. The van der Waals surface area contributed by atoms with E-state index in [1.807, 2.05) is 19.9 Å². The molecule has 4 aromatic rings. The van der Waals surface area contributed by atoms with Gasteiger partial charge >= 0.3 is 0 Å². The highest BCUT2D eigenvalue weighted by Gasteiger charge is 2.24. The maximum absolute atomic E-state index is 13.1. The molecule has 0 aliphatic heterocycles. The molecule has 0 aliphatic rings. The van der Waals surface area contributed by atoms with E-state index < -0.39 is 11.9 Å². The van der Waals surface area contributed by atoms with Crippen molar-refractivity contribution in [3.8, 4) is 0 Å². The number of ketones is 1. The van der Waals surface area contributed by atoms with Crippen molar-refractivity contribution in [1.82, 2.24) is 10.3 Å². The second-order valence-electron chi connectivity index (χ2n) is 8.70. The Morgan fingerprint density at radius 1 is 0.921 bits per heavy atom. The maximum Gasteiger partial charge on any atom is 0.275 e. The van der Waals surface area contributed by atoms with Crippen molar-refractivity contribution in [2.45, 2.75) is 19.9 Å². The van der Waals surface area contributed by atoms with Crippen LogP contribution < -0.4 is 10.6 Å². The third kappa shape index (κ3) is 6.12. The molecule has 1 heterocycles. The number of anilines is 1. The van der Waals surface area contributed by atoms with Gasteiger partial charge in [0.1, 0.15) is 10.7 Å². The Bertz CT molecular complexity index is 1530. The van der Waals surface area contributed by atoms with Crippen LogP contribution in [0.2, 0.25) is 0 Å². The van der Waals surface area contributed by atoms with E-state index in [-0.39, 0.29) is 23.3 Å². The van der Waals surface area contributed by atoms with Crippen molar-refractivity contribution in [3.05, 3.63) is 122 Å². The molecule has 1 atom stereocenters. The quantitative estimate of drug-likeness (QED) is 0.109. The summed E-state index contributed by atoms with van der Waals surface area (Å²) in [5, 5.41) is 11.5. The summed E-state index contributed by atoms with van der Waals surface area (Å²) in [4.78, 5) is 46.2. The number of para-hydroxylation sites is 1. The SMILES string of the molecule is CC(C)C(NC(=O)c1cccc(N=[N+]=[N-])c1)c1nc(C(=O)Nc2ccccc2C(=O)c2ccccc2)cs1. The Kier molecular flexibility index (Phi) is 8.27. The number of hydrogen-bond acceptors (Lipinski definition) is 6. The molecule has 10 heteroatoms. The number of carbonyl (C=O) groups excluding carboxylic acids is 3. The minimum atomic E-state index is -0.461. The number of nitrogens with one attached hydrogen (secondary N) is 2. The molecule has 2 amide bonds. The van der Waals surface area contributed by atoms with E-state index in [2.05, 4.69) is 25.6 Å². The van der Waals surface area contributed by atoms with E-state index >= 15 is 0 Å². The van der Waals surface area contributed by atoms with Gasteiger partial charge in [0, 0.05) is 32.7 Å². The molecule has 0 aliphatic carbocycles. The fourth-order valence-electron chi connectivity index (χ4n) is 3.76. The van der Waals surface area contributed by atoms with Crippen LogP contribution in [-0.4, -0.2) is 22.6 Å². The van der Waals surface area contributed by atoms with Crippen LogP contribution in [0.3, 0.4) is 0 Å². The molecule has 1 unspecified atom stereocenters. The Labute approximate surface area is 223 Å². The molecule has 0 radical (unpaired) electrons. The average molecular weight is 525 g/mol. The van der Waals surface area contributed by atoms with Gasteiger partial charge in [-0.15, -0.1) is 11.3 Å². The summed E-state index contributed by atoms with van der Waals surface area (Å²) in [6, 6.07) is 21.6. The minimum Gasteiger partial charge on any atom is -0.343 e. The van der Waals surface area contributed by atoms with Crippen LogP contribution >= 0.6 is 11.3 Å². The van der Waals surface area contributed by atoms with Crippen molar-refractivity contribution >= 4 is 40.3 Å². The first-order chi connectivity index (χ1) is 18.4. The minimum absolute atomic E-state index is 0.0226. The second-order valence-corrected chi connectivity index (χ2v) is 9.59. The third-order valence-corrected chi connectivity index (χ3v) is 6.63. The highest BCUT2D eigenvalue weighted by Crippen LogP contribution is 2.27. The number of azide groups is 1. The number of hydrogen-bond donors (Lipinski definition) is 2. The number of rotatable bonds is 9. The van der Waals surface area contributed by atoms with Crippen LogP contribution in [0.25, 0.3) is 10.4 Å². The molecule has 0 saturated heterocycles. The van der Waals surface area contributed by atoms with Crippen molar-refractivity contribution < 1.29 is 14.4 Å².